The Bertz CT molecular complexity index is 1080. The Balaban J connectivity index is 1.77. The number of anilines is 1. The number of nitrogens with zero attached hydrogens (tertiary/aromatic N) is 1. The van der Waals surface area contributed by atoms with Crippen LogP contribution in [-0.2, 0) is 11.2 Å². The van der Waals surface area contributed by atoms with E-state index in [0.717, 1.165) is 6.42 Å². The van der Waals surface area contributed by atoms with E-state index in [1.165, 1.54) is 29.4 Å². The summed E-state index contributed by atoms with van der Waals surface area (Å²) >= 11 is 5.32. The van der Waals surface area contributed by atoms with Crippen molar-refractivity contribution in [1.29, 1.82) is 0 Å². The number of fused-ring (bicyclic) bond motifs is 1. The molecule has 146 valence electrons. The van der Waals surface area contributed by atoms with E-state index in [4.69, 9.17) is 12.2 Å². The number of hydrogen-bond acceptors (Lipinski definition) is 3. The Morgan fingerprint density at radius 3 is 2.57 bits per heavy atom. The summed E-state index contributed by atoms with van der Waals surface area (Å²) in [5.74, 6) is -0.282. The minimum atomic E-state index is -0.731. The summed E-state index contributed by atoms with van der Waals surface area (Å²) in [6, 6.07) is 14.3. The van der Waals surface area contributed by atoms with Crippen molar-refractivity contribution in [2.24, 2.45) is 0 Å². The van der Waals surface area contributed by atoms with Gasteiger partial charge in [0.15, 0.2) is 4.77 Å². The fourth-order valence-corrected chi connectivity index (χ4v) is 3.58. The first-order valence-corrected chi connectivity index (χ1v) is 10.1. The number of para-hydroxylation sites is 1. The van der Waals surface area contributed by atoms with Gasteiger partial charge in [0.05, 0.1) is 10.9 Å². The van der Waals surface area contributed by atoms with E-state index in [2.05, 4.69) is 17.2 Å². The van der Waals surface area contributed by atoms with Crippen molar-refractivity contribution in [3.63, 3.8) is 0 Å². The van der Waals surface area contributed by atoms with Crippen molar-refractivity contribution < 1.29 is 4.79 Å². The van der Waals surface area contributed by atoms with Crippen LogP contribution in [-0.4, -0.2) is 15.5 Å². The van der Waals surface area contributed by atoms with E-state index in [-0.39, 0.29) is 16.2 Å². The van der Waals surface area contributed by atoms with Crippen molar-refractivity contribution in [2.45, 2.75) is 45.6 Å². The van der Waals surface area contributed by atoms with Crippen molar-refractivity contribution in [1.82, 2.24) is 9.55 Å². The Labute approximate surface area is 169 Å². The topological polar surface area (TPSA) is 66.9 Å². The van der Waals surface area contributed by atoms with Crippen LogP contribution in [0.3, 0.4) is 0 Å². The molecule has 2 aromatic carbocycles. The van der Waals surface area contributed by atoms with Crippen molar-refractivity contribution >= 4 is 34.7 Å². The summed E-state index contributed by atoms with van der Waals surface area (Å²) in [5.41, 5.74) is 2.36. The number of aromatic amines is 1. The lowest BCUT2D eigenvalue weighted by atomic mass is 10.1. The van der Waals surface area contributed by atoms with Crippen molar-refractivity contribution in [3.05, 3.63) is 69.2 Å². The molecule has 0 fully saturated rings. The lowest BCUT2D eigenvalue weighted by Gasteiger charge is -2.16. The highest BCUT2D eigenvalue weighted by Crippen LogP contribution is 2.15. The average Bonchev–Trinajstić information content (AvgIpc) is 2.69. The van der Waals surface area contributed by atoms with Crippen LogP contribution in [0.2, 0.25) is 0 Å². The summed E-state index contributed by atoms with van der Waals surface area (Å²) in [6.45, 7) is 3.86. The molecule has 28 heavy (non-hydrogen) atoms. The van der Waals surface area contributed by atoms with Crippen LogP contribution in [0, 0.1) is 4.77 Å². The molecule has 0 radical (unpaired) electrons. The number of nitrogens with one attached hydrogen (secondary N) is 2. The molecular weight excluding hydrogens is 370 g/mol. The van der Waals surface area contributed by atoms with Gasteiger partial charge < -0.3 is 10.3 Å². The Kier molecular flexibility index (Phi) is 6.41. The first kappa shape index (κ1) is 20.0. The zero-order chi connectivity index (χ0) is 20.1. The Hall–Kier alpha value is -2.73. The lowest BCUT2D eigenvalue weighted by Crippen LogP contribution is -2.32. The molecule has 3 rings (SSSR count). The summed E-state index contributed by atoms with van der Waals surface area (Å²) in [7, 11) is 0. The number of aryl methyl sites for hydroxylation is 1. The quantitative estimate of drug-likeness (QED) is 0.437. The molecule has 0 saturated heterocycles. The SMILES string of the molecule is CCCCCc1ccc(NC(=O)[C@@H](C)n2c(=S)[nH]c3ccccc3c2=O)cc1. The van der Waals surface area contributed by atoms with Gasteiger partial charge in [-0.1, -0.05) is 44.0 Å². The molecule has 0 aliphatic carbocycles. The van der Waals surface area contributed by atoms with Gasteiger partial charge in [0.1, 0.15) is 6.04 Å². The summed E-state index contributed by atoms with van der Waals surface area (Å²) < 4.78 is 1.56. The molecule has 0 unspecified atom stereocenters. The smallest absolute Gasteiger partial charge is 0.262 e. The van der Waals surface area contributed by atoms with E-state index in [1.54, 1.807) is 25.1 Å². The first-order chi connectivity index (χ1) is 13.5. The second-order valence-corrected chi connectivity index (χ2v) is 7.36. The fraction of sp³-hybridized carbons (Fsp3) is 0.318. The summed E-state index contributed by atoms with van der Waals surface area (Å²) in [4.78, 5) is 28.6. The molecule has 1 aromatic heterocycles. The van der Waals surface area contributed by atoms with Crippen LogP contribution in [0.1, 0.15) is 44.7 Å². The molecule has 1 heterocycles. The zero-order valence-electron chi connectivity index (χ0n) is 16.2. The molecule has 3 aromatic rings. The van der Waals surface area contributed by atoms with E-state index in [0.29, 0.717) is 16.6 Å². The number of carbonyl (C=O) groups excluding carboxylic acids is 1. The number of aromatic nitrogens is 2. The molecule has 6 heteroatoms. The van der Waals surface area contributed by atoms with Gasteiger partial charge >= 0.3 is 0 Å². The third kappa shape index (κ3) is 4.39. The third-order valence-corrected chi connectivity index (χ3v) is 5.19. The normalized spacial score (nSPS) is 12.1. The highest BCUT2D eigenvalue weighted by Gasteiger charge is 2.19. The number of rotatable bonds is 7. The molecule has 1 amide bonds. The predicted molar refractivity (Wildman–Crippen MR) is 116 cm³/mol. The van der Waals surface area contributed by atoms with Gasteiger partial charge in [0.25, 0.3) is 5.56 Å². The second kappa shape index (κ2) is 8.97. The largest absolute Gasteiger partial charge is 0.332 e. The van der Waals surface area contributed by atoms with E-state index in [1.807, 2.05) is 30.3 Å². The highest BCUT2D eigenvalue weighted by molar-refractivity contribution is 7.71. The van der Waals surface area contributed by atoms with Gasteiger partial charge in [0.2, 0.25) is 5.91 Å². The number of unbranched alkanes of at least 4 members (excludes halogenated alkanes) is 2. The first-order valence-electron chi connectivity index (χ1n) is 9.64. The van der Waals surface area contributed by atoms with Gasteiger partial charge in [-0.05, 0) is 61.8 Å². The molecule has 0 aliphatic heterocycles. The molecular formula is C22H25N3O2S. The van der Waals surface area contributed by atoms with Gasteiger partial charge in [-0.3, -0.25) is 14.2 Å². The number of amides is 1. The maximum absolute atomic E-state index is 12.8. The van der Waals surface area contributed by atoms with Gasteiger partial charge in [-0.15, -0.1) is 0 Å². The third-order valence-electron chi connectivity index (χ3n) is 4.89. The monoisotopic (exact) mass is 395 g/mol. The van der Waals surface area contributed by atoms with E-state index in [9.17, 15) is 9.59 Å². The maximum Gasteiger partial charge on any atom is 0.262 e. The Morgan fingerprint density at radius 1 is 1.14 bits per heavy atom. The van der Waals surface area contributed by atoms with Crippen LogP contribution in [0.25, 0.3) is 10.9 Å². The molecule has 5 nitrogen and oxygen atoms in total. The lowest BCUT2D eigenvalue weighted by molar-refractivity contribution is -0.118. The molecule has 0 bridgehead atoms. The second-order valence-electron chi connectivity index (χ2n) is 6.97. The zero-order valence-corrected chi connectivity index (χ0v) is 17.0. The Morgan fingerprint density at radius 2 is 1.86 bits per heavy atom. The summed E-state index contributed by atoms with van der Waals surface area (Å²) in [6.07, 6.45) is 4.63. The summed E-state index contributed by atoms with van der Waals surface area (Å²) in [5, 5.41) is 3.38. The molecule has 0 aliphatic rings. The molecule has 1 atom stereocenters. The highest BCUT2D eigenvalue weighted by atomic mass is 32.1. The fourth-order valence-electron chi connectivity index (χ4n) is 3.23. The van der Waals surface area contributed by atoms with E-state index >= 15 is 0 Å². The van der Waals surface area contributed by atoms with Crippen LogP contribution < -0.4 is 10.9 Å². The minimum Gasteiger partial charge on any atom is -0.332 e. The predicted octanol–water partition coefficient (Wildman–Crippen LogP) is 4.99. The van der Waals surface area contributed by atoms with Gasteiger partial charge in [-0.25, -0.2) is 0 Å². The van der Waals surface area contributed by atoms with Crippen molar-refractivity contribution in [3.8, 4) is 0 Å². The van der Waals surface area contributed by atoms with Crippen LogP contribution >= 0.6 is 12.2 Å². The van der Waals surface area contributed by atoms with Crippen molar-refractivity contribution in [2.75, 3.05) is 5.32 Å². The van der Waals surface area contributed by atoms with E-state index < -0.39 is 6.04 Å². The maximum atomic E-state index is 12.8. The molecule has 0 saturated carbocycles. The number of H-pyrrole nitrogens is 1. The minimum absolute atomic E-state index is 0.234. The number of benzene rings is 2. The van der Waals surface area contributed by atoms with Gasteiger partial charge in [-0.2, -0.15) is 0 Å². The van der Waals surface area contributed by atoms with Crippen LogP contribution in [0.4, 0.5) is 5.69 Å². The molecule has 0 spiro atoms. The van der Waals surface area contributed by atoms with Gasteiger partial charge in [0, 0.05) is 5.69 Å². The van der Waals surface area contributed by atoms with Crippen LogP contribution in [0.15, 0.2) is 53.3 Å². The average molecular weight is 396 g/mol. The number of carbonyl (C=O) groups is 1. The number of hydrogen-bond donors (Lipinski definition) is 2. The molecule has 2 N–H and O–H groups in total. The standard InChI is InChI=1S/C22H25N3O2S/c1-3-4-5-8-16-11-13-17(14-12-16)23-20(26)15(2)25-21(27)18-9-6-7-10-19(18)24-22(25)28/h6-7,9-15H,3-5,8H2,1-2H3,(H,23,26)(H,24,28)/t15-/m1/s1. The van der Waals surface area contributed by atoms with Crippen LogP contribution in [0.5, 0.6) is 0 Å².